The Morgan fingerprint density at radius 1 is 2.00 bits per heavy atom. The van der Waals surface area contributed by atoms with Crippen molar-refractivity contribution >= 4 is 17.4 Å². The van der Waals surface area contributed by atoms with E-state index in [-0.39, 0.29) is 0 Å². The number of hydrogen-bond donors (Lipinski definition) is 1. The lowest BCUT2D eigenvalue weighted by molar-refractivity contribution is 0.0800. The molecule has 0 aliphatic carbocycles. The summed E-state index contributed by atoms with van der Waals surface area (Å²) < 4.78 is 0. The van der Waals surface area contributed by atoms with Crippen molar-refractivity contribution in [2.24, 2.45) is 5.10 Å². The van der Waals surface area contributed by atoms with Crippen molar-refractivity contribution in [2.75, 3.05) is 0 Å². The summed E-state index contributed by atoms with van der Waals surface area (Å²) in [5, 5.41) is 13.5. The number of thiocarbonyl (C=S) groups is 1. The van der Waals surface area contributed by atoms with E-state index in [0.29, 0.717) is 0 Å². The molecule has 0 unspecified atom stereocenters. The Bertz CT molecular complexity index is 56.7. The third-order valence-electron chi connectivity index (χ3n) is 0.0913. The van der Waals surface area contributed by atoms with Crippen molar-refractivity contribution in [3.63, 3.8) is 0 Å². The smallest absolute Gasteiger partial charge is 0.0870 e. The first-order valence-electron chi connectivity index (χ1n) is 0.855. The summed E-state index contributed by atoms with van der Waals surface area (Å²) in [4.78, 5) is 0. The maximum Gasteiger partial charge on any atom is 0.0870 e. The predicted octanol–water partition coefficient (Wildman–Crippen LogP) is -0.0607. The molecule has 4 heteroatoms. The minimum absolute atomic E-state index is 1.18. The van der Waals surface area contributed by atoms with Gasteiger partial charge in [0, 0.05) is 0 Å². The Labute approximate surface area is 34.3 Å². The molecule has 0 aromatic rings. The van der Waals surface area contributed by atoms with Crippen LogP contribution in [0.1, 0.15) is 0 Å². The number of rotatable bonds is 1. The molecule has 0 spiro atoms. The lowest BCUT2D eigenvalue weighted by Gasteiger charge is -1.63. The van der Waals surface area contributed by atoms with Gasteiger partial charge in [0.05, 0.1) is 5.16 Å². The molecular weight excluding hydrogens is 88.1 g/mol. The molecule has 0 fully saturated rings. The summed E-state index contributed by atoms with van der Waals surface area (Å²) in [6.07, 6.45) is 0. The first-order valence-corrected chi connectivity index (χ1v) is 1.26. The predicted molar refractivity (Wildman–Crippen MR) is 18.8 cm³/mol. The Morgan fingerprint density at radius 3 is 2.60 bits per heavy atom. The Kier molecular flexibility index (Phi) is 3.25. The molecule has 0 saturated heterocycles. The zero-order valence-corrected chi connectivity index (χ0v) is 3.08. The van der Waals surface area contributed by atoms with E-state index >= 15 is 0 Å². The minimum atomic E-state index is 1.18. The van der Waals surface area contributed by atoms with Gasteiger partial charge in [0.15, 0.2) is 0 Å². The molecule has 0 aromatic carbocycles. The van der Waals surface area contributed by atoms with E-state index in [4.69, 9.17) is 5.21 Å². The van der Waals surface area contributed by atoms with Crippen LogP contribution in [-0.2, 0) is 5.21 Å². The highest BCUT2D eigenvalue weighted by Gasteiger charge is 1.46. The maximum absolute atomic E-state index is 8.98. The van der Waals surface area contributed by atoms with E-state index in [0.717, 1.165) is 0 Å². The van der Waals surface area contributed by atoms with E-state index in [9.17, 15) is 0 Å². The highest BCUT2D eigenvalue weighted by Crippen LogP contribution is 1.39. The Morgan fingerprint density at radius 2 is 2.60 bits per heavy atom. The largest absolute Gasteiger partial charge is 0.142 e. The molecule has 1 radical (unpaired) electrons. The Balaban J connectivity index is 2.93. The second kappa shape index (κ2) is 3.56. The highest BCUT2D eigenvalue weighted by atomic mass is 32.1. The standard InChI is InChI=1S/CHN2OS/c4-3-2-1-5/h3H. The van der Waals surface area contributed by atoms with E-state index in [2.05, 4.69) is 17.3 Å². The summed E-state index contributed by atoms with van der Waals surface area (Å²) in [6, 6.07) is 0. The summed E-state index contributed by atoms with van der Waals surface area (Å²) in [5.74, 6) is 0. The number of hydrazone groups is 1. The van der Waals surface area contributed by atoms with Crippen LogP contribution in [0.5, 0.6) is 0 Å². The van der Waals surface area contributed by atoms with Crippen LogP contribution < -0.4 is 5.59 Å². The Hall–Kier alpha value is -0.440. The van der Waals surface area contributed by atoms with Crippen LogP contribution in [0.25, 0.3) is 0 Å². The summed E-state index contributed by atoms with van der Waals surface area (Å²) >= 11 is 3.97. The van der Waals surface area contributed by atoms with Crippen molar-refractivity contribution in [3.05, 3.63) is 0 Å². The molecule has 0 atom stereocenters. The fraction of sp³-hybridized carbons (Fsp3) is 0. The number of isothiocyanates is 1. The quantitative estimate of drug-likeness (QED) is 0.278. The summed E-state index contributed by atoms with van der Waals surface area (Å²) in [5.41, 5.74) is 1.18. The van der Waals surface area contributed by atoms with Gasteiger partial charge in [-0.2, -0.15) is 0 Å². The van der Waals surface area contributed by atoms with Crippen molar-refractivity contribution in [2.45, 2.75) is 0 Å². The molecule has 0 saturated carbocycles. The average molecular weight is 89.1 g/mol. The van der Waals surface area contributed by atoms with Crippen LogP contribution in [0.4, 0.5) is 0 Å². The minimum Gasteiger partial charge on any atom is -0.142 e. The van der Waals surface area contributed by atoms with E-state index < -0.39 is 0 Å². The van der Waals surface area contributed by atoms with Crippen LogP contribution in [0.15, 0.2) is 5.10 Å². The molecular formula is CHN2OS. The second-order valence-electron chi connectivity index (χ2n) is 0.294. The third kappa shape index (κ3) is 3.56. The van der Waals surface area contributed by atoms with Crippen molar-refractivity contribution in [1.29, 1.82) is 0 Å². The van der Waals surface area contributed by atoms with Crippen LogP contribution in [-0.4, -0.2) is 5.16 Å². The van der Waals surface area contributed by atoms with Gasteiger partial charge in [-0.1, -0.05) is 10.3 Å². The van der Waals surface area contributed by atoms with Gasteiger partial charge in [-0.25, -0.2) is 0 Å². The van der Waals surface area contributed by atoms with Gasteiger partial charge in [-0.3, -0.25) is 0 Å². The molecule has 27 valence electrons. The zero-order chi connectivity index (χ0) is 4.12. The monoisotopic (exact) mass is 89.0 g/mol. The normalized spacial score (nSPS) is 5.00. The van der Waals surface area contributed by atoms with Gasteiger partial charge in [0.2, 0.25) is 0 Å². The van der Waals surface area contributed by atoms with Gasteiger partial charge >= 0.3 is 0 Å². The summed E-state index contributed by atoms with van der Waals surface area (Å²) in [7, 11) is 0. The van der Waals surface area contributed by atoms with Crippen LogP contribution >= 0.6 is 12.2 Å². The molecule has 1 N–H and O–H groups in total. The SMILES string of the molecule is [O]NN=C=S. The molecule has 5 heavy (non-hydrogen) atoms. The fourth-order valence-electron chi connectivity index (χ4n) is 0.0186. The van der Waals surface area contributed by atoms with Crippen molar-refractivity contribution in [3.8, 4) is 0 Å². The van der Waals surface area contributed by atoms with Gasteiger partial charge < -0.3 is 0 Å². The lowest BCUT2D eigenvalue weighted by Crippen LogP contribution is -1.87. The molecule has 0 aliphatic rings. The molecule has 3 nitrogen and oxygen atoms in total. The topological polar surface area (TPSA) is 44.3 Å². The average Bonchev–Trinajstić information content (AvgIpc) is 1.41. The first kappa shape index (κ1) is 4.56. The van der Waals surface area contributed by atoms with Gasteiger partial charge in [-0.05, 0) is 12.2 Å². The maximum atomic E-state index is 8.98. The van der Waals surface area contributed by atoms with Gasteiger partial charge in [0.1, 0.15) is 0 Å². The molecule has 0 rings (SSSR count). The third-order valence-corrected chi connectivity index (χ3v) is 0.183. The van der Waals surface area contributed by atoms with E-state index in [1.165, 1.54) is 5.59 Å². The highest BCUT2D eigenvalue weighted by molar-refractivity contribution is 7.78. The van der Waals surface area contributed by atoms with Gasteiger partial charge in [-0.15, -0.1) is 5.59 Å². The molecule has 0 heterocycles. The van der Waals surface area contributed by atoms with E-state index in [1.807, 2.05) is 0 Å². The number of nitrogens with one attached hydrogen (secondary N) is 1. The van der Waals surface area contributed by atoms with Crippen LogP contribution in [0.3, 0.4) is 0 Å². The van der Waals surface area contributed by atoms with Crippen LogP contribution in [0.2, 0.25) is 0 Å². The molecule has 0 amide bonds. The fourth-order valence-corrected chi connectivity index (χ4v) is 0.0559. The molecule has 0 aromatic heterocycles. The summed E-state index contributed by atoms with van der Waals surface area (Å²) in [6.45, 7) is 0. The molecule has 0 aliphatic heterocycles. The number of hydrogen-bond acceptors (Lipinski definition) is 3. The first-order chi connectivity index (χ1) is 2.41. The molecule has 0 bridgehead atoms. The van der Waals surface area contributed by atoms with E-state index in [1.54, 1.807) is 5.16 Å². The number of nitrogens with zero attached hydrogens (tertiary/aromatic N) is 1. The van der Waals surface area contributed by atoms with Gasteiger partial charge in [0.25, 0.3) is 0 Å². The van der Waals surface area contributed by atoms with Crippen LogP contribution in [0, 0.1) is 0 Å². The lowest BCUT2D eigenvalue weighted by atomic mass is 11.7. The zero-order valence-electron chi connectivity index (χ0n) is 2.26. The van der Waals surface area contributed by atoms with Crippen molar-refractivity contribution in [1.82, 2.24) is 5.59 Å². The van der Waals surface area contributed by atoms with Crippen molar-refractivity contribution < 1.29 is 5.21 Å². The second-order valence-corrected chi connectivity index (χ2v) is 0.477.